The van der Waals surface area contributed by atoms with E-state index in [0.29, 0.717) is 38.3 Å². The van der Waals surface area contributed by atoms with Crippen molar-refractivity contribution in [1.29, 1.82) is 0 Å². The molecule has 1 aliphatic heterocycles. The van der Waals surface area contributed by atoms with Gasteiger partial charge in [-0.25, -0.2) is 13.2 Å². The highest BCUT2D eigenvalue weighted by atomic mass is 35.5. The maximum atomic E-state index is 13.4. The lowest BCUT2D eigenvalue weighted by atomic mass is 9.95. The summed E-state index contributed by atoms with van der Waals surface area (Å²) in [6.07, 6.45) is -8.24. The van der Waals surface area contributed by atoms with E-state index in [1.54, 1.807) is 4.90 Å². The fourth-order valence-electron chi connectivity index (χ4n) is 2.70. The summed E-state index contributed by atoms with van der Waals surface area (Å²) < 4.78 is 78.4. The van der Waals surface area contributed by atoms with Crippen molar-refractivity contribution >= 4 is 12.4 Å². The number of nitrogens with zero attached hydrogens (tertiary/aromatic N) is 1. The summed E-state index contributed by atoms with van der Waals surface area (Å²) in [6, 6.07) is 0.877. The zero-order chi connectivity index (χ0) is 16.3. The SMILES string of the molecule is Cl.Fc1ccc(C(F)(F)F)c([C@H](CC(F)F)N2CCNCC2)c1. The minimum atomic E-state index is -4.71. The van der Waals surface area contributed by atoms with Gasteiger partial charge < -0.3 is 5.32 Å². The number of nitrogens with one attached hydrogen (secondary N) is 1. The van der Waals surface area contributed by atoms with E-state index < -0.39 is 42.0 Å². The Hall–Kier alpha value is -0.990. The van der Waals surface area contributed by atoms with Crippen LogP contribution in [0.1, 0.15) is 23.6 Å². The summed E-state index contributed by atoms with van der Waals surface area (Å²) in [5.41, 5.74) is -1.48. The number of benzene rings is 1. The molecule has 0 aliphatic carbocycles. The Morgan fingerprint density at radius 1 is 1.13 bits per heavy atom. The monoisotopic (exact) mass is 362 g/mol. The van der Waals surface area contributed by atoms with Crippen molar-refractivity contribution < 1.29 is 26.3 Å². The fourth-order valence-corrected chi connectivity index (χ4v) is 2.70. The highest BCUT2D eigenvalue weighted by Gasteiger charge is 2.37. The van der Waals surface area contributed by atoms with Crippen LogP contribution in [0.3, 0.4) is 0 Å². The fraction of sp³-hybridized carbons (Fsp3) is 0.571. The average molecular weight is 363 g/mol. The Morgan fingerprint density at radius 2 is 1.74 bits per heavy atom. The van der Waals surface area contributed by atoms with Crippen LogP contribution in [-0.4, -0.2) is 37.5 Å². The summed E-state index contributed by atoms with van der Waals surface area (Å²) in [7, 11) is 0. The largest absolute Gasteiger partial charge is 0.416 e. The van der Waals surface area contributed by atoms with Gasteiger partial charge in [0.15, 0.2) is 0 Å². The van der Waals surface area contributed by atoms with Crippen LogP contribution in [-0.2, 0) is 6.18 Å². The molecule has 1 aromatic rings. The van der Waals surface area contributed by atoms with Crippen LogP contribution in [0.2, 0.25) is 0 Å². The zero-order valence-electron chi connectivity index (χ0n) is 12.0. The summed E-state index contributed by atoms with van der Waals surface area (Å²) in [4.78, 5) is 1.55. The smallest absolute Gasteiger partial charge is 0.314 e. The van der Waals surface area contributed by atoms with Crippen molar-refractivity contribution in [1.82, 2.24) is 10.2 Å². The molecular weight excluding hydrogens is 346 g/mol. The van der Waals surface area contributed by atoms with Gasteiger partial charge in [0.25, 0.3) is 0 Å². The molecule has 0 radical (unpaired) electrons. The number of piperazine rings is 1. The molecule has 9 heteroatoms. The summed E-state index contributed by atoms with van der Waals surface area (Å²) in [5, 5.41) is 3.01. The Morgan fingerprint density at radius 3 is 2.26 bits per heavy atom. The second kappa shape index (κ2) is 8.21. The molecule has 1 N–H and O–H groups in total. The van der Waals surface area contributed by atoms with Crippen LogP contribution in [0.4, 0.5) is 26.3 Å². The van der Waals surface area contributed by atoms with Gasteiger partial charge in [-0.1, -0.05) is 0 Å². The van der Waals surface area contributed by atoms with E-state index in [9.17, 15) is 26.3 Å². The van der Waals surface area contributed by atoms with E-state index >= 15 is 0 Å². The molecule has 0 unspecified atom stereocenters. The van der Waals surface area contributed by atoms with Gasteiger partial charge in [-0.15, -0.1) is 12.4 Å². The first-order chi connectivity index (χ1) is 10.3. The maximum absolute atomic E-state index is 13.4. The molecule has 1 heterocycles. The molecule has 2 rings (SSSR count). The lowest BCUT2D eigenvalue weighted by Gasteiger charge is -2.36. The highest BCUT2D eigenvalue weighted by molar-refractivity contribution is 5.85. The van der Waals surface area contributed by atoms with E-state index in [4.69, 9.17) is 0 Å². The van der Waals surface area contributed by atoms with Crippen LogP contribution in [0.5, 0.6) is 0 Å². The molecule has 0 amide bonds. The van der Waals surface area contributed by atoms with Crippen molar-refractivity contribution in [3.05, 3.63) is 35.1 Å². The van der Waals surface area contributed by atoms with Crippen molar-refractivity contribution in [3.63, 3.8) is 0 Å². The molecule has 0 spiro atoms. The number of alkyl halides is 5. The second-order valence-electron chi connectivity index (χ2n) is 5.16. The predicted octanol–water partition coefficient (Wildman–Crippen LogP) is 3.87. The Bertz CT molecular complexity index is 503. The molecule has 1 aromatic carbocycles. The molecule has 1 saturated heterocycles. The standard InChI is InChI=1S/C14H16F6N2.ClH/c15-9-1-2-11(14(18,19)20)10(7-9)12(8-13(16)17)22-5-3-21-4-6-22;/h1-2,7,12-13,21H,3-6,8H2;1H/t12-;/m0./s1. The molecule has 132 valence electrons. The third-order valence-electron chi connectivity index (χ3n) is 3.67. The van der Waals surface area contributed by atoms with Crippen molar-refractivity contribution in [3.8, 4) is 0 Å². The maximum Gasteiger partial charge on any atom is 0.416 e. The van der Waals surface area contributed by atoms with Crippen LogP contribution in [0.25, 0.3) is 0 Å². The first kappa shape index (κ1) is 20.1. The van der Waals surface area contributed by atoms with Gasteiger partial charge in [0.05, 0.1) is 5.56 Å². The van der Waals surface area contributed by atoms with E-state index in [2.05, 4.69) is 5.32 Å². The summed E-state index contributed by atoms with van der Waals surface area (Å²) in [5.74, 6) is -0.864. The van der Waals surface area contributed by atoms with Gasteiger partial charge in [0.2, 0.25) is 6.43 Å². The molecule has 23 heavy (non-hydrogen) atoms. The highest BCUT2D eigenvalue weighted by Crippen LogP contribution is 2.38. The molecule has 2 nitrogen and oxygen atoms in total. The Balaban J connectivity index is 0.00000264. The minimum Gasteiger partial charge on any atom is -0.314 e. The quantitative estimate of drug-likeness (QED) is 0.818. The summed E-state index contributed by atoms with van der Waals surface area (Å²) in [6.45, 7) is 1.67. The molecule has 1 atom stereocenters. The number of rotatable bonds is 4. The lowest BCUT2D eigenvalue weighted by molar-refractivity contribution is -0.139. The van der Waals surface area contributed by atoms with Crippen LogP contribution >= 0.6 is 12.4 Å². The first-order valence-electron chi connectivity index (χ1n) is 6.88. The molecule has 0 saturated carbocycles. The molecule has 1 fully saturated rings. The van der Waals surface area contributed by atoms with Crippen LogP contribution < -0.4 is 5.32 Å². The topological polar surface area (TPSA) is 15.3 Å². The zero-order valence-corrected chi connectivity index (χ0v) is 12.9. The van der Waals surface area contributed by atoms with Crippen LogP contribution in [0, 0.1) is 5.82 Å². The third kappa shape index (κ3) is 5.26. The second-order valence-corrected chi connectivity index (χ2v) is 5.16. The van der Waals surface area contributed by atoms with Gasteiger partial charge in [0.1, 0.15) is 5.82 Å². The predicted molar refractivity (Wildman–Crippen MR) is 76.5 cm³/mol. The van der Waals surface area contributed by atoms with Gasteiger partial charge in [-0.3, -0.25) is 4.90 Å². The van der Waals surface area contributed by atoms with E-state index in [1.807, 2.05) is 0 Å². The van der Waals surface area contributed by atoms with Crippen molar-refractivity contribution in [2.24, 2.45) is 0 Å². The number of halogens is 7. The van der Waals surface area contributed by atoms with Crippen LogP contribution in [0.15, 0.2) is 18.2 Å². The third-order valence-corrected chi connectivity index (χ3v) is 3.67. The Labute approximate surface area is 136 Å². The van der Waals surface area contributed by atoms with E-state index in [0.717, 1.165) is 6.07 Å². The minimum absolute atomic E-state index is 0. The number of hydrogen-bond donors (Lipinski definition) is 1. The molecular formula is C14H17ClF6N2. The molecule has 0 aromatic heterocycles. The number of hydrogen-bond acceptors (Lipinski definition) is 2. The summed E-state index contributed by atoms with van der Waals surface area (Å²) >= 11 is 0. The van der Waals surface area contributed by atoms with Gasteiger partial charge >= 0.3 is 6.18 Å². The van der Waals surface area contributed by atoms with Crippen molar-refractivity contribution in [2.75, 3.05) is 26.2 Å². The van der Waals surface area contributed by atoms with E-state index in [-0.39, 0.29) is 12.4 Å². The van der Waals surface area contributed by atoms with E-state index in [1.165, 1.54) is 0 Å². The van der Waals surface area contributed by atoms with Gasteiger partial charge in [0, 0.05) is 38.6 Å². The molecule has 0 bridgehead atoms. The normalized spacial score (nSPS) is 17.9. The molecule has 1 aliphatic rings. The van der Waals surface area contributed by atoms with Crippen molar-refractivity contribution in [2.45, 2.75) is 25.1 Å². The average Bonchev–Trinajstić information content (AvgIpc) is 2.44. The van der Waals surface area contributed by atoms with Gasteiger partial charge in [-0.2, -0.15) is 13.2 Å². The van der Waals surface area contributed by atoms with Gasteiger partial charge in [-0.05, 0) is 23.8 Å². The Kier molecular flexibility index (Phi) is 7.16. The lowest BCUT2D eigenvalue weighted by Crippen LogP contribution is -2.46. The first-order valence-corrected chi connectivity index (χ1v) is 6.88.